The third kappa shape index (κ3) is 3.39. The summed E-state index contributed by atoms with van der Waals surface area (Å²) in [7, 11) is 1.97. The minimum atomic E-state index is 0.409. The summed E-state index contributed by atoms with van der Waals surface area (Å²) in [6, 6.07) is 0. The van der Waals surface area contributed by atoms with Crippen molar-refractivity contribution in [1.29, 1.82) is 0 Å². The highest BCUT2D eigenvalue weighted by Crippen LogP contribution is 2.34. The average Bonchev–Trinajstić information content (AvgIpc) is 3.16. The molecule has 1 saturated carbocycles. The Morgan fingerprint density at radius 3 is 2.92 bits per heavy atom. The van der Waals surface area contributed by atoms with Gasteiger partial charge >= 0.3 is 0 Å². The lowest BCUT2D eigenvalue weighted by Crippen LogP contribution is -2.36. The van der Waals surface area contributed by atoms with E-state index in [-0.39, 0.29) is 0 Å². The van der Waals surface area contributed by atoms with Crippen molar-refractivity contribution < 1.29 is 4.74 Å². The second-order valence-electron chi connectivity index (χ2n) is 7.22. The van der Waals surface area contributed by atoms with Crippen LogP contribution in [0.3, 0.4) is 0 Å². The molecule has 6 nitrogen and oxygen atoms in total. The third-order valence-electron chi connectivity index (χ3n) is 5.04. The minimum absolute atomic E-state index is 0.409. The van der Waals surface area contributed by atoms with Gasteiger partial charge in [-0.1, -0.05) is 0 Å². The largest absolute Gasteiger partial charge is 0.381 e. The summed E-state index contributed by atoms with van der Waals surface area (Å²) in [6.45, 7) is 7.62. The van der Waals surface area contributed by atoms with E-state index in [1.54, 1.807) is 0 Å². The molecule has 2 aromatic heterocycles. The summed E-state index contributed by atoms with van der Waals surface area (Å²) in [5.74, 6) is 1.27. The van der Waals surface area contributed by atoms with Crippen molar-refractivity contribution in [2.24, 2.45) is 13.0 Å². The maximum atomic E-state index is 5.79. The first-order valence-electron chi connectivity index (χ1n) is 9.04. The number of ether oxygens (including phenoxy) is 1. The molecule has 0 bridgehead atoms. The molecule has 3 heterocycles. The van der Waals surface area contributed by atoms with Crippen LogP contribution in [0.4, 0.5) is 0 Å². The van der Waals surface area contributed by atoms with Crippen molar-refractivity contribution in [3.8, 4) is 0 Å². The fourth-order valence-electron chi connectivity index (χ4n) is 3.75. The fraction of sp³-hybridized carbons (Fsp3) is 0.667. The van der Waals surface area contributed by atoms with E-state index >= 15 is 0 Å². The number of nitrogens with zero attached hydrogens (tertiary/aromatic N) is 5. The van der Waals surface area contributed by atoms with Crippen LogP contribution in [-0.2, 0) is 31.4 Å². The van der Waals surface area contributed by atoms with Gasteiger partial charge in [0.15, 0.2) is 0 Å². The SMILES string of the molecule is CCOC[C@@H]1CN(Cc2cnn(C)c2)Cc2ncn(CC3CC3)c21. The number of rotatable bonds is 7. The number of fused-ring (bicyclic) bond motifs is 1. The minimum Gasteiger partial charge on any atom is -0.381 e. The van der Waals surface area contributed by atoms with Crippen LogP contribution in [0.15, 0.2) is 18.7 Å². The monoisotopic (exact) mass is 329 g/mol. The Labute approximate surface area is 143 Å². The Morgan fingerprint density at radius 1 is 1.33 bits per heavy atom. The van der Waals surface area contributed by atoms with E-state index in [9.17, 15) is 0 Å². The Morgan fingerprint density at radius 2 is 2.21 bits per heavy atom. The van der Waals surface area contributed by atoms with E-state index in [0.717, 1.165) is 45.3 Å². The van der Waals surface area contributed by atoms with Crippen molar-refractivity contribution in [3.05, 3.63) is 35.7 Å². The maximum Gasteiger partial charge on any atom is 0.0952 e. The number of aryl methyl sites for hydroxylation is 1. The standard InChI is InChI=1S/C18H27N5O/c1-3-24-12-16-10-22(8-15-6-20-21(2)7-15)11-17-18(16)23(13-19-17)9-14-4-5-14/h6-7,13-14,16H,3-5,8-12H2,1-2H3/t16-/m0/s1. The molecule has 1 aliphatic heterocycles. The molecule has 2 aliphatic rings. The Hall–Kier alpha value is -1.66. The van der Waals surface area contributed by atoms with Gasteiger partial charge in [0.1, 0.15) is 0 Å². The van der Waals surface area contributed by atoms with E-state index in [1.165, 1.54) is 29.8 Å². The summed E-state index contributed by atoms with van der Waals surface area (Å²) in [5.41, 5.74) is 3.90. The van der Waals surface area contributed by atoms with E-state index in [0.29, 0.717) is 5.92 Å². The molecular formula is C18H27N5O. The highest BCUT2D eigenvalue weighted by Gasteiger charge is 2.32. The van der Waals surface area contributed by atoms with E-state index in [1.807, 2.05) is 17.9 Å². The molecule has 0 saturated heterocycles. The molecule has 6 heteroatoms. The summed E-state index contributed by atoms with van der Waals surface area (Å²) in [4.78, 5) is 7.21. The zero-order valence-corrected chi connectivity index (χ0v) is 14.7. The topological polar surface area (TPSA) is 48.1 Å². The Balaban J connectivity index is 1.53. The molecule has 0 spiro atoms. The van der Waals surface area contributed by atoms with Gasteiger partial charge in [0.25, 0.3) is 0 Å². The molecule has 0 unspecified atom stereocenters. The summed E-state index contributed by atoms with van der Waals surface area (Å²) < 4.78 is 10.1. The van der Waals surface area contributed by atoms with Crippen molar-refractivity contribution in [3.63, 3.8) is 0 Å². The molecule has 0 amide bonds. The van der Waals surface area contributed by atoms with Gasteiger partial charge in [0.05, 0.1) is 24.8 Å². The molecule has 2 aromatic rings. The first kappa shape index (κ1) is 15.8. The van der Waals surface area contributed by atoms with Crippen molar-refractivity contribution in [1.82, 2.24) is 24.2 Å². The molecule has 0 radical (unpaired) electrons. The average molecular weight is 329 g/mol. The lowest BCUT2D eigenvalue weighted by atomic mass is 9.98. The van der Waals surface area contributed by atoms with E-state index in [4.69, 9.17) is 9.72 Å². The smallest absolute Gasteiger partial charge is 0.0952 e. The van der Waals surface area contributed by atoms with Crippen LogP contribution in [0.5, 0.6) is 0 Å². The van der Waals surface area contributed by atoms with Crippen LogP contribution in [0.25, 0.3) is 0 Å². The highest BCUT2D eigenvalue weighted by atomic mass is 16.5. The number of aromatic nitrogens is 4. The third-order valence-corrected chi connectivity index (χ3v) is 5.04. The van der Waals surface area contributed by atoms with Crippen LogP contribution in [-0.4, -0.2) is 44.0 Å². The van der Waals surface area contributed by atoms with Crippen LogP contribution in [0.2, 0.25) is 0 Å². The second-order valence-corrected chi connectivity index (χ2v) is 7.22. The van der Waals surface area contributed by atoms with Crippen LogP contribution < -0.4 is 0 Å². The van der Waals surface area contributed by atoms with Crippen LogP contribution in [0, 0.1) is 5.92 Å². The Kier molecular flexibility index (Phi) is 4.41. The van der Waals surface area contributed by atoms with Gasteiger partial charge in [-0.15, -0.1) is 0 Å². The zero-order valence-electron chi connectivity index (χ0n) is 14.7. The molecule has 24 heavy (non-hydrogen) atoms. The van der Waals surface area contributed by atoms with Gasteiger partial charge in [0, 0.05) is 63.2 Å². The van der Waals surface area contributed by atoms with Crippen molar-refractivity contribution in [2.45, 2.75) is 45.3 Å². The van der Waals surface area contributed by atoms with Crippen molar-refractivity contribution >= 4 is 0 Å². The fourth-order valence-corrected chi connectivity index (χ4v) is 3.75. The first-order chi connectivity index (χ1) is 11.7. The number of imidazole rings is 1. The molecule has 1 fully saturated rings. The van der Waals surface area contributed by atoms with Crippen LogP contribution >= 0.6 is 0 Å². The lowest BCUT2D eigenvalue weighted by Gasteiger charge is -2.33. The lowest BCUT2D eigenvalue weighted by molar-refractivity contribution is 0.102. The van der Waals surface area contributed by atoms with Gasteiger partial charge in [-0.3, -0.25) is 9.58 Å². The molecule has 0 N–H and O–H groups in total. The predicted octanol–water partition coefficient (Wildman–Crippen LogP) is 2.16. The van der Waals surface area contributed by atoms with Gasteiger partial charge in [0.2, 0.25) is 0 Å². The molecule has 1 atom stereocenters. The van der Waals surface area contributed by atoms with Crippen molar-refractivity contribution in [2.75, 3.05) is 19.8 Å². The Bertz CT molecular complexity index is 687. The van der Waals surface area contributed by atoms with Crippen LogP contribution in [0.1, 0.15) is 42.6 Å². The summed E-state index contributed by atoms with van der Waals surface area (Å²) >= 11 is 0. The molecule has 130 valence electrons. The summed E-state index contributed by atoms with van der Waals surface area (Å²) in [5, 5.41) is 4.28. The zero-order chi connectivity index (χ0) is 16.5. The maximum absolute atomic E-state index is 5.79. The molecule has 0 aromatic carbocycles. The normalized spacial score (nSPS) is 21.2. The van der Waals surface area contributed by atoms with E-state index in [2.05, 4.69) is 34.0 Å². The highest BCUT2D eigenvalue weighted by molar-refractivity contribution is 5.23. The second kappa shape index (κ2) is 6.69. The quantitative estimate of drug-likeness (QED) is 0.781. The van der Waals surface area contributed by atoms with Gasteiger partial charge in [-0.2, -0.15) is 5.10 Å². The molecule has 1 aliphatic carbocycles. The predicted molar refractivity (Wildman–Crippen MR) is 91.5 cm³/mol. The number of hydrogen-bond acceptors (Lipinski definition) is 4. The van der Waals surface area contributed by atoms with E-state index < -0.39 is 0 Å². The van der Waals surface area contributed by atoms with Gasteiger partial charge in [-0.25, -0.2) is 4.98 Å². The van der Waals surface area contributed by atoms with Gasteiger partial charge < -0.3 is 9.30 Å². The molecular weight excluding hydrogens is 302 g/mol. The molecule has 4 rings (SSSR count). The van der Waals surface area contributed by atoms with Gasteiger partial charge in [-0.05, 0) is 25.7 Å². The first-order valence-corrected chi connectivity index (χ1v) is 9.04. The summed E-state index contributed by atoms with van der Waals surface area (Å²) in [6.07, 6.45) is 8.85. The number of hydrogen-bond donors (Lipinski definition) is 0.